The van der Waals surface area contributed by atoms with Crippen LogP contribution in [0.25, 0.3) is 0 Å². The monoisotopic (exact) mass is 196 g/mol. The Morgan fingerprint density at radius 1 is 0.875 bits per heavy atom. The zero-order valence-electron chi connectivity index (χ0n) is 4.48. The number of hydrogen-bond acceptors (Lipinski definition) is 2. The molecule has 0 saturated carbocycles. The van der Waals surface area contributed by atoms with Gasteiger partial charge in [-0.15, -0.1) is 0 Å². The van der Waals surface area contributed by atoms with Gasteiger partial charge in [0.1, 0.15) is 0 Å². The molecule has 0 aromatic rings. The van der Waals surface area contributed by atoms with Crippen molar-refractivity contribution in [3.8, 4) is 0 Å². The molecule has 2 N–H and O–H groups in total. The summed E-state index contributed by atoms with van der Waals surface area (Å²) in [6, 6.07) is 0. The van der Waals surface area contributed by atoms with Crippen molar-refractivity contribution >= 4 is 60.8 Å². The van der Waals surface area contributed by atoms with E-state index in [1.807, 2.05) is 0 Å². The second-order valence-corrected chi connectivity index (χ2v) is 0.447. The Labute approximate surface area is 107 Å². The van der Waals surface area contributed by atoms with E-state index in [1.54, 1.807) is 0 Å². The summed E-state index contributed by atoms with van der Waals surface area (Å²) in [6.07, 6.45) is 0. The SMILES string of the molecule is OCCO.[Ca+2].[Cl-].[Cl-].[Mg+2]. The standard InChI is InChI=1S/C2H6O2.Ca.2ClH.Mg/c3-1-2-4;;;;/h3-4H,1-2H2;;2*1H;/q;+2;;;+2/p-2. The fraction of sp³-hybridized carbons (Fsp3) is 1.00. The van der Waals surface area contributed by atoms with Gasteiger partial charge < -0.3 is 35.0 Å². The molecule has 42 valence electrons. The maximum absolute atomic E-state index is 7.62. The van der Waals surface area contributed by atoms with Gasteiger partial charge in [-0.05, 0) is 0 Å². The van der Waals surface area contributed by atoms with E-state index in [4.69, 9.17) is 10.2 Å². The first kappa shape index (κ1) is 31.3. The summed E-state index contributed by atoms with van der Waals surface area (Å²) >= 11 is 0. The predicted octanol–water partition coefficient (Wildman–Crippen LogP) is -7.78. The molecule has 0 spiro atoms. The van der Waals surface area contributed by atoms with Crippen LogP contribution in [-0.2, 0) is 0 Å². The van der Waals surface area contributed by atoms with Crippen molar-refractivity contribution < 1.29 is 35.0 Å². The first-order chi connectivity index (χ1) is 1.91. The van der Waals surface area contributed by atoms with E-state index in [-0.39, 0.29) is 98.8 Å². The molecule has 0 aromatic heterocycles. The first-order valence-electron chi connectivity index (χ1n) is 1.13. The minimum atomic E-state index is -0.125. The van der Waals surface area contributed by atoms with Crippen LogP contribution in [0.2, 0.25) is 0 Å². The van der Waals surface area contributed by atoms with Gasteiger partial charge in [-0.1, -0.05) is 0 Å². The Bertz CT molecular complexity index is 20.0. The Hall–Kier alpha value is 2.53. The third kappa shape index (κ3) is 38.8. The van der Waals surface area contributed by atoms with Gasteiger partial charge in [-0.25, -0.2) is 0 Å². The summed E-state index contributed by atoms with van der Waals surface area (Å²) in [5, 5.41) is 15.2. The molecule has 0 rings (SSSR count). The molecule has 8 heavy (non-hydrogen) atoms. The van der Waals surface area contributed by atoms with E-state index in [2.05, 4.69) is 0 Å². The normalized spacial score (nSPS) is 3.75. The van der Waals surface area contributed by atoms with Crippen LogP contribution >= 0.6 is 0 Å². The van der Waals surface area contributed by atoms with E-state index >= 15 is 0 Å². The summed E-state index contributed by atoms with van der Waals surface area (Å²) in [5.41, 5.74) is 0. The minimum Gasteiger partial charge on any atom is -1.00 e. The summed E-state index contributed by atoms with van der Waals surface area (Å²) in [7, 11) is 0. The largest absolute Gasteiger partial charge is 2.00 e. The molecule has 0 amide bonds. The van der Waals surface area contributed by atoms with Crippen LogP contribution in [0.15, 0.2) is 0 Å². The van der Waals surface area contributed by atoms with Crippen molar-refractivity contribution in [2.45, 2.75) is 0 Å². The van der Waals surface area contributed by atoms with Crippen molar-refractivity contribution in [1.82, 2.24) is 0 Å². The van der Waals surface area contributed by atoms with Crippen molar-refractivity contribution in [3.63, 3.8) is 0 Å². The molecule has 0 radical (unpaired) electrons. The average molecular weight is 197 g/mol. The topological polar surface area (TPSA) is 40.5 Å². The van der Waals surface area contributed by atoms with Crippen molar-refractivity contribution in [2.24, 2.45) is 0 Å². The Morgan fingerprint density at radius 2 is 1.00 bits per heavy atom. The zero-order valence-corrected chi connectivity index (χ0v) is 9.61. The average Bonchev–Trinajstić information content (AvgIpc) is 1.37. The van der Waals surface area contributed by atoms with Gasteiger partial charge in [0.15, 0.2) is 0 Å². The number of halogens is 2. The molecule has 0 fully saturated rings. The maximum Gasteiger partial charge on any atom is 2.00 e. The Morgan fingerprint density at radius 3 is 1.00 bits per heavy atom. The van der Waals surface area contributed by atoms with Crippen LogP contribution in [-0.4, -0.2) is 84.2 Å². The summed E-state index contributed by atoms with van der Waals surface area (Å²) in [6.45, 7) is -0.250. The van der Waals surface area contributed by atoms with Crippen LogP contribution < -0.4 is 24.8 Å². The molecule has 0 aliphatic carbocycles. The van der Waals surface area contributed by atoms with Crippen molar-refractivity contribution in [1.29, 1.82) is 0 Å². The van der Waals surface area contributed by atoms with Gasteiger partial charge >= 0.3 is 60.8 Å². The molecule has 0 atom stereocenters. The fourth-order valence-electron chi connectivity index (χ4n) is 0. The Kier molecular flexibility index (Phi) is 132. The maximum atomic E-state index is 7.62. The number of hydrogen-bond donors (Lipinski definition) is 2. The molecule has 0 saturated heterocycles. The van der Waals surface area contributed by atoms with Crippen LogP contribution in [0.1, 0.15) is 0 Å². The second-order valence-electron chi connectivity index (χ2n) is 0.447. The smallest absolute Gasteiger partial charge is 1.00 e. The second kappa shape index (κ2) is 33.8. The third-order valence-corrected chi connectivity index (χ3v) is 0.1000. The minimum absolute atomic E-state index is 0. The molecular formula is C2H6CaCl2MgO2+2. The molecule has 0 unspecified atom stereocenters. The molecular weight excluding hydrogens is 191 g/mol. The molecule has 0 aliphatic rings. The van der Waals surface area contributed by atoms with E-state index in [9.17, 15) is 0 Å². The number of rotatable bonds is 1. The van der Waals surface area contributed by atoms with E-state index in [1.165, 1.54) is 0 Å². The zero-order chi connectivity index (χ0) is 3.41. The van der Waals surface area contributed by atoms with Gasteiger partial charge in [-0.2, -0.15) is 0 Å². The molecule has 0 aliphatic heterocycles. The van der Waals surface area contributed by atoms with Gasteiger partial charge in [0.25, 0.3) is 0 Å². The molecule has 6 heteroatoms. The quantitative estimate of drug-likeness (QED) is 0.410. The molecule has 0 bridgehead atoms. The summed E-state index contributed by atoms with van der Waals surface area (Å²) < 4.78 is 0. The van der Waals surface area contributed by atoms with Crippen LogP contribution in [0, 0.1) is 0 Å². The van der Waals surface area contributed by atoms with Crippen molar-refractivity contribution in [3.05, 3.63) is 0 Å². The molecule has 2 nitrogen and oxygen atoms in total. The predicted molar refractivity (Wildman–Crippen MR) is 25.7 cm³/mol. The van der Waals surface area contributed by atoms with Crippen LogP contribution in [0.3, 0.4) is 0 Å². The van der Waals surface area contributed by atoms with Gasteiger partial charge in [0.05, 0.1) is 13.2 Å². The molecule has 0 aromatic carbocycles. The van der Waals surface area contributed by atoms with E-state index < -0.39 is 0 Å². The summed E-state index contributed by atoms with van der Waals surface area (Å²) in [5.74, 6) is 0. The van der Waals surface area contributed by atoms with Crippen LogP contribution in [0.4, 0.5) is 0 Å². The number of aliphatic hydroxyl groups excluding tert-OH is 2. The first-order valence-corrected chi connectivity index (χ1v) is 1.13. The molecule has 0 heterocycles. The third-order valence-electron chi connectivity index (χ3n) is 0.1000. The fourth-order valence-corrected chi connectivity index (χ4v) is 0. The van der Waals surface area contributed by atoms with Crippen molar-refractivity contribution in [2.75, 3.05) is 13.2 Å². The van der Waals surface area contributed by atoms with Gasteiger partial charge in [0.2, 0.25) is 0 Å². The Balaban J connectivity index is -0.00000000750. The van der Waals surface area contributed by atoms with E-state index in [0.717, 1.165) is 0 Å². The van der Waals surface area contributed by atoms with Gasteiger partial charge in [-0.3, -0.25) is 0 Å². The van der Waals surface area contributed by atoms with Crippen LogP contribution in [0.5, 0.6) is 0 Å². The summed E-state index contributed by atoms with van der Waals surface area (Å²) in [4.78, 5) is 0. The van der Waals surface area contributed by atoms with Gasteiger partial charge in [0, 0.05) is 0 Å². The number of aliphatic hydroxyl groups is 2. The van der Waals surface area contributed by atoms with E-state index in [0.29, 0.717) is 0 Å².